The second-order valence-electron chi connectivity index (χ2n) is 5.70. The standard InChI is InChI=1S/C16H20ClN3OS/c1-12-10-18(8-9-21-12)11-19-6-7-20(16(19)22)15-5-3-4-14(17)13(15)2/h3-7,12H,8-11H2,1-2H3. The highest BCUT2D eigenvalue weighted by Crippen LogP contribution is 2.22. The monoisotopic (exact) mass is 337 g/mol. The first kappa shape index (κ1) is 15.7. The molecule has 1 fully saturated rings. The maximum absolute atomic E-state index is 6.22. The molecule has 0 spiro atoms. The molecule has 0 radical (unpaired) electrons. The average Bonchev–Trinajstić information content (AvgIpc) is 2.83. The van der Waals surface area contributed by atoms with Gasteiger partial charge in [0.2, 0.25) is 0 Å². The normalized spacial score (nSPS) is 19.5. The highest BCUT2D eigenvalue weighted by atomic mass is 35.5. The number of aromatic nitrogens is 2. The van der Waals surface area contributed by atoms with Gasteiger partial charge in [0.25, 0.3) is 0 Å². The Morgan fingerprint density at radius 3 is 2.95 bits per heavy atom. The summed E-state index contributed by atoms with van der Waals surface area (Å²) >= 11 is 11.9. The van der Waals surface area contributed by atoms with Gasteiger partial charge in [0, 0.05) is 30.5 Å². The average molecular weight is 338 g/mol. The van der Waals surface area contributed by atoms with Gasteiger partial charge in [-0.3, -0.25) is 9.47 Å². The van der Waals surface area contributed by atoms with Gasteiger partial charge in [-0.05, 0) is 43.8 Å². The van der Waals surface area contributed by atoms with Gasteiger partial charge in [-0.25, -0.2) is 0 Å². The molecular weight excluding hydrogens is 318 g/mol. The minimum atomic E-state index is 0.278. The second-order valence-corrected chi connectivity index (χ2v) is 6.48. The van der Waals surface area contributed by atoms with E-state index in [4.69, 9.17) is 28.6 Å². The Labute approximate surface area is 140 Å². The molecule has 0 N–H and O–H groups in total. The molecule has 0 saturated carbocycles. The third-order valence-corrected chi connectivity index (χ3v) is 4.86. The summed E-state index contributed by atoms with van der Waals surface area (Å²) in [5.74, 6) is 0. The SMILES string of the molecule is Cc1c(Cl)cccc1-n1ccn(CN2CCOC(C)C2)c1=S. The number of nitrogens with zero attached hydrogens (tertiary/aromatic N) is 3. The highest BCUT2D eigenvalue weighted by molar-refractivity contribution is 7.71. The quantitative estimate of drug-likeness (QED) is 0.798. The Balaban J connectivity index is 1.86. The summed E-state index contributed by atoms with van der Waals surface area (Å²) in [5, 5.41) is 0.758. The number of morpholine rings is 1. The predicted octanol–water partition coefficient (Wildman–Crippen LogP) is 3.65. The van der Waals surface area contributed by atoms with Crippen molar-refractivity contribution < 1.29 is 4.74 Å². The number of hydrogen-bond acceptors (Lipinski definition) is 3. The van der Waals surface area contributed by atoms with Crippen molar-refractivity contribution >= 4 is 23.8 Å². The number of halogens is 1. The predicted molar refractivity (Wildman–Crippen MR) is 91.3 cm³/mol. The van der Waals surface area contributed by atoms with Gasteiger partial charge in [-0.2, -0.15) is 0 Å². The zero-order chi connectivity index (χ0) is 15.7. The zero-order valence-corrected chi connectivity index (χ0v) is 14.4. The van der Waals surface area contributed by atoms with Gasteiger partial charge < -0.3 is 9.30 Å². The van der Waals surface area contributed by atoms with Gasteiger partial charge >= 0.3 is 0 Å². The van der Waals surface area contributed by atoms with Crippen LogP contribution in [0.25, 0.3) is 5.69 Å². The first-order valence-electron chi connectivity index (χ1n) is 7.43. The van der Waals surface area contributed by atoms with Crippen molar-refractivity contribution in [1.29, 1.82) is 0 Å². The van der Waals surface area contributed by atoms with Crippen molar-refractivity contribution in [3.05, 3.63) is 45.9 Å². The zero-order valence-electron chi connectivity index (χ0n) is 12.8. The summed E-state index contributed by atoms with van der Waals surface area (Å²) in [7, 11) is 0. The van der Waals surface area contributed by atoms with E-state index in [0.717, 1.165) is 47.4 Å². The lowest BCUT2D eigenvalue weighted by molar-refractivity contribution is -0.0292. The van der Waals surface area contributed by atoms with E-state index in [1.165, 1.54) is 0 Å². The summed E-state index contributed by atoms with van der Waals surface area (Å²) in [6.45, 7) is 7.56. The smallest absolute Gasteiger partial charge is 0.185 e. The molecule has 1 atom stereocenters. The van der Waals surface area contributed by atoms with E-state index in [0.29, 0.717) is 0 Å². The summed E-state index contributed by atoms with van der Waals surface area (Å²) < 4.78 is 10.5. The van der Waals surface area contributed by atoms with Crippen LogP contribution in [0.1, 0.15) is 12.5 Å². The summed E-state index contributed by atoms with van der Waals surface area (Å²) in [4.78, 5) is 2.36. The summed E-state index contributed by atoms with van der Waals surface area (Å²) in [6, 6.07) is 5.89. The molecule has 1 aliphatic rings. The molecule has 1 saturated heterocycles. The Hall–Kier alpha value is -1.14. The van der Waals surface area contributed by atoms with Crippen LogP contribution >= 0.6 is 23.8 Å². The largest absolute Gasteiger partial charge is 0.376 e. The van der Waals surface area contributed by atoms with E-state index in [1.54, 1.807) is 0 Å². The van der Waals surface area contributed by atoms with Crippen LogP contribution in [0.15, 0.2) is 30.6 Å². The molecule has 2 aromatic rings. The van der Waals surface area contributed by atoms with E-state index < -0.39 is 0 Å². The van der Waals surface area contributed by atoms with Crippen LogP contribution in [0.5, 0.6) is 0 Å². The second kappa shape index (κ2) is 6.54. The van der Waals surface area contributed by atoms with Gasteiger partial charge in [-0.1, -0.05) is 17.7 Å². The number of benzene rings is 1. The fourth-order valence-electron chi connectivity index (χ4n) is 2.80. The van der Waals surface area contributed by atoms with E-state index >= 15 is 0 Å². The lowest BCUT2D eigenvalue weighted by Gasteiger charge is -2.31. The first-order chi connectivity index (χ1) is 10.6. The summed E-state index contributed by atoms with van der Waals surface area (Å²) in [5.41, 5.74) is 2.07. The number of imidazole rings is 1. The minimum Gasteiger partial charge on any atom is -0.376 e. The van der Waals surface area contributed by atoms with Gasteiger partial charge in [-0.15, -0.1) is 0 Å². The van der Waals surface area contributed by atoms with E-state index in [2.05, 4.69) is 16.4 Å². The first-order valence-corrected chi connectivity index (χ1v) is 8.22. The van der Waals surface area contributed by atoms with Crippen LogP contribution in [0.4, 0.5) is 0 Å². The third kappa shape index (κ3) is 3.13. The van der Waals surface area contributed by atoms with Crippen LogP contribution < -0.4 is 0 Å². The van der Waals surface area contributed by atoms with Crippen molar-refractivity contribution in [3.8, 4) is 5.69 Å². The molecule has 4 nitrogen and oxygen atoms in total. The fraction of sp³-hybridized carbons (Fsp3) is 0.438. The number of ether oxygens (including phenoxy) is 1. The van der Waals surface area contributed by atoms with Gasteiger partial charge in [0.15, 0.2) is 4.77 Å². The topological polar surface area (TPSA) is 22.3 Å². The van der Waals surface area contributed by atoms with Crippen molar-refractivity contribution in [2.45, 2.75) is 26.6 Å². The Kier molecular flexibility index (Phi) is 4.68. The molecule has 3 rings (SSSR count). The summed E-state index contributed by atoms with van der Waals surface area (Å²) in [6.07, 6.45) is 4.31. The highest BCUT2D eigenvalue weighted by Gasteiger charge is 2.17. The van der Waals surface area contributed by atoms with Gasteiger partial charge in [0.1, 0.15) is 0 Å². The maximum Gasteiger partial charge on any atom is 0.185 e. The van der Waals surface area contributed by atoms with E-state index in [-0.39, 0.29) is 6.10 Å². The third-order valence-electron chi connectivity index (χ3n) is 4.02. The molecule has 1 aliphatic heterocycles. The van der Waals surface area contributed by atoms with Crippen LogP contribution in [-0.4, -0.2) is 39.8 Å². The Bertz CT molecular complexity index is 724. The molecule has 0 amide bonds. The molecule has 22 heavy (non-hydrogen) atoms. The molecule has 2 heterocycles. The van der Waals surface area contributed by atoms with Gasteiger partial charge in [0.05, 0.1) is 25.1 Å². The van der Waals surface area contributed by atoms with Crippen molar-refractivity contribution in [3.63, 3.8) is 0 Å². The molecule has 0 aliphatic carbocycles. The molecule has 6 heteroatoms. The fourth-order valence-corrected chi connectivity index (χ4v) is 3.24. The molecule has 1 aromatic carbocycles. The van der Waals surface area contributed by atoms with Crippen molar-refractivity contribution in [1.82, 2.24) is 14.0 Å². The van der Waals surface area contributed by atoms with Crippen molar-refractivity contribution in [2.75, 3.05) is 19.7 Å². The Morgan fingerprint density at radius 1 is 1.36 bits per heavy atom. The molecular formula is C16H20ClN3OS. The lowest BCUT2D eigenvalue weighted by Crippen LogP contribution is -2.41. The van der Waals surface area contributed by atoms with Crippen molar-refractivity contribution in [2.24, 2.45) is 0 Å². The van der Waals surface area contributed by atoms with Crippen LogP contribution in [0, 0.1) is 11.7 Å². The molecule has 118 valence electrons. The van der Waals surface area contributed by atoms with E-state index in [1.807, 2.05) is 42.1 Å². The number of rotatable bonds is 3. The molecule has 0 bridgehead atoms. The van der Waals surface area contributed by atoms with Crippen LogP contribution in [-0.2, 0) is 11.4 Å². The number of hydrogen-bond donors (Lipinski definition) is 0. The van der Waals surface area contributed by atoms with E-state index in [9.17, 15) is 0 Å². The lowest BCUT2D eigenvalue weighted by atomic mass is 10.2. The minimum absolute atomic E-state index is 0.278. The van der Waals surface area contributed by atoms with Crippen LogP contribution in [0.2, 0.25) is 5.02 Å². The van der Waals surface area contributed by atoms with Crippen LogP contribution in [0.3, 0.4) is 0 Å². The molecule has 1 unspecified atom stereocenters. The maximum atomic E-state index is 6.22. The molecule has 1 aromatic heterocycles. The Morgan fingerprint density at radius 2 is 2.18 bits per heavy atom.